The molecule has 0 aliphatic carbocycles. The van der Waals surface area contributed by atoms with Crippen LogP contribution in [0.15, 0.2) is 0 Å². The third-order valence-corrected chi connectivity index (χ3v) is 3.60. The predicted octanol–water partition coefficient (Wildman–Crippen LogP) is 2.30. The average molecular weight is 194 g/mol. The van der Waals surface area contributed by atoms with Crippen LogP contribution in [0.2, 0.25) is 0 Å². The molecule has 0 aromatic carbocycles. The summed E-state index contributed by atoms with van der Waals surface area (Å²) in [5, 5.41) is 8.84. The maximum Gasteiger partial charge on any atom is 0.227 e. The van der Waals surface area contributed by atoms with Crippen molar-refractivity contribution in [3.63, 3.8) is 0 Å². The van der Waals surface area contributed by atoms with Gasteiger partial charge in [0.1, 0.15) is 6.35 Å². The highest BCUT2D eigenvalue weighted by molar-refractivity contribution is 7.58. The summed E-state index contributed by atoms with van der Waals surface area (Å²) >= 11 is 0. The van der Waals surface area contributed by atoms with Crippen LogP contribution in [0.1, 0.15) is 27.2 Å². The fourth-order valence-electron chi connectivity index (χ4n) is 0.802. The highest BCUT2D eigenvalue weighted by Gasteiger charge is 2.20. The molecule has 3 nitrogen and oxygen atoms in total. The number of hydrogen-bond donors (Lipinski definition) is 1. The van der Waals surface area contributed by atoms with Crippen LogP contribution in [-0.2, 0) is 9.09 Å². The standard InChI is InChI=1S/C8H19O3P/c1-4-5-12(10,7-9)11-6-8(2)3/h8-9H,4-7H2,1-3H3. The van der Waals surface area contributed by atoms with Gasteiger partial charge in [-0.1, -0.05) is 20.8 Å². The van der Waals surface area contributed by atoms with Crippen LogP contribution in [0, 0.1) is 5.92 Å². The zero-order valence-electron chi connectivity index (χ0n) is 8.12. The molecule has 1 unspecified atom stereocenters. The quantitative estimate of drug-likeness (QED) is 0.660. The Bertz CT molecular complexity index is 156. The number of aliphatic hydroxyl groups excluding tert-OH is 1. The van der Waals surface area contributed by atoms with Crippen LogP contribution in [0.25, 0.3) is 0 Å². The molecule has 12 heavy (non-hydrogen) atoms. The first-order valence-corrected chi connectivity index (χ1v) is 6.37. The van der Waals surface area contributed by atoms with E-state index in [0.29, 0.717) is 18.7 Å². The van der Waals surface area contributed by atoms with E-state index in [-0.39, 0.29) is 6.35 Å². The van der Waals surface area contributed by atoms with Crippen molar-refractivity contribution in [1.29, 1.82) is 0 Å². The van der Waals surface area contributed by atoms with Gasteiger partial charge in [-0.3, -0.25) is 4.57 Å². The van der Waals surface area contributed by atoms with E-state index >= 15 is 0 Å². The Labute approximate surface area is 74.6 Å². The lowest BCUT2D eigenvalue weighted by atomic mass is 10.2. The molecule has 0 aromatic rings. The molecule has 0 aromatic heterocycles. The molecule has 1 atom stereocenters. The van der Waals surface area contributed by atoms with Gasteiger partial charge in [0.25, 0.3) is 0 Å². The third-order valence-electron chi connectivity index (χ3n) is 1.42. The number of rotatable bonds is 6. The van der Waals surface area contributed by atoms with Crippen molar-refractivity contribution in [2.75, 3.05) is 19.1 Å². The van der Waals surface area contributed by atoms with E-state index in [4.69, 9.17) is 9.63 Å². The Hall–Kier alpha value is 0.150. The summed E-state index contributed by atoms with van der Waals surface area (Å²) in [6.07, 6.45) is 0.944. The molecule has 0 fully saturated rings. The van der Waals surface area contributed by atoms with Gasteiger partial charge in [-0.25, -0.2) is 0 Å². The summed E-state index contributed by atoms with van der Waals surface area (Å²) in [6, 6.07) is 0. The van der Waals surface area contributed by atoms with E-state index in [9.17, 15) is 4.57 Å². The van der Waals surface area contributed by atoms with Crippen LogP contribution in [-0.4, -0.2) is 24.2 Å². The summed E-state index contributed by atoms with van der Waals surface area (Å²) in [5.41, 5.74) is 0. The Kier molecular flexibility index (Phi) is 5.81. The van der Waals surface area contributed by atoms with E-state index in [1.807, 2.05) is 20.8 Å². The summed E-state index contributed by atoms with van der Waals surface area (Å²) in [4.78, 5) is 0. The minimum atomic E-state index is -2.70. The fraction of sp³-hybridized carbons (Fsp3) is 1.00. The zero-order valence-corrected chi connectivity index (χ0v) is 9.01. The Morgan fingerprint density at radius 2 is 2.08 bits per heavy atom. The SMILES string of the molecule is CCCP(=O)(CO)OCC(C)C. The van der Waals surface area contributed by atoms with Gasteiger partial charge in [0.05, 0.1) is 6.61 Å². The second-order valence-electron chi connectivity index (χ2n) is 3.37. The third kappa shape index (κ3) is 4.91. The van der Waals surface area contributed by atoms with Gasteiger partial charge in [0, 0.05) is 6.16 Å². The minimum Gasteiger partial charge on any atom is -0.386 e. The van der Waals surface area contributed by atoms with Gasteiger partial charge in [0.2, 0.25) is 7.37 Å². The van der Waals surface area contributed by atoms with Gasteiger partial charge in [-0.2, -0.15) is 0 Å². The topological polar surface area (TPSA) is 46.5 Å². The normalized spacial score (nSPS) is 16.4. The molecule has 1 N–H and O–H groups in total. The van der Waals surface area contributed by atoms with Crippen molar-refractivity contribution in [2.24, 2.45) is 5.92 Å². The monoisotopic (exact) mass is 194 g/mol. The lowest BCUT2D eigenvalue weighted by Crippen LogP contribution is -2.04. The summed E-state index contributed by atoms with van der Waals surface area (Å²) < 4.78 is 16.8. The maximum atomic E-state index is 11.6. The van der Waals surface area contributed by atoms with Crippen molar-refractivity contribution >= 4 is 7.37 Å². The molecule has 0 saturated heterocycles. The predicted molar refractivity (Wildman–Crippen MR) is 50.6 cm³/mol. The Balaban J connectivity index is 3.88. The van der Waals surface area contributed by atoms with Crippen molar-refractivity contribution in [1.82, 2.24) is 0 Å². The van der Waals surface area contributed by atoms with Crippen molar-refractivity contribution in [2.45, 2.75) is 27.2 Å². The number of aliphatic hydroxyl groups is 1. The molecular weight excluding hydrogens is 175 g/mol. The van der Waals surface area contributed by atoms with Crippen LogP contribution in [0.5, 0.6) is 0 Å². The maximum absolute atomic E-state index is 11.6. The highest BCUT2D eigenvalue weighted by atomic mass is 31.2. The van der Waals surface area contributed by atoms with Crippen molar-refractivity contribution < 1.29 is 14.2 Å². The molecular formula is C8H19O3P. The van der Waals surface area contributed by atoms with Crippen LogP contribution in [0.4, 0.5) is 0 Å². The Morgan fingerprint density at radius 1 is 1.50 bits per heavy atom. The lowest BCUT2D eigenvalue weighted by molar-refractivity contribution is 0.245. The van der Waals surface area contributed by atoms with Crippen LogP contribution < -0.4 is 0 Å². The first-order chi connectivity index (χ1) is 5.54. The van der Waals surface area contributed by atoms with Gasteiger partial charge in [-0.05, 0) is 12.3 Å². The molecule has 0 bridgehead atoms. The van der Waals surface area contributed by atoms with Crippen molar-refractivity contribution in [3.05, 3.63) is 0 Å². The van der Waals surface area contributed by atoms with Crippen LogP contribution >= 0.6 is 7.37 Å². The smallest absolute Gasteiger partial charge is 0.227 e. The molecule has 0 spiro atoms. The summed E-state index contributed by atoms with van der Waals surface area (Å²) in [6.45, 7) is 6.39. The summed E-state index contributed by atoms with van der Waals surface area (Å²) in [7, 11) is -2.70. The number of hydrogen-bond acceptors (Lipinski definition) is 3. The van der Waals surface area contributed by atoms with E-state index in [2.05, 4.69) is 0 Å². The van der Waals surface area contributed by atoms with E-state index in [1.165, 1.54) is 0 Å². The first-order valence-electron chi connectivity index (χ1n) is 4.37. The fourth-order valence-corrected chi connectivity index (χ4v) is 2.41. The van der Waals surface area contributed by atoms with Crippen LogP contribution in [0.3, 0.4) is 0 Å². The highest BCUT2D eigenvalue weighted by Crippen LogP contribution is 2.46. The molecule has 0 aliphatic heterocycles. The molecule has 0 amide bonds. The van der Waals surface area contributed by atoms with Crippen molar-refractivity contribution in [3.8, 4) is 0 Å². The molecule has 0 heterocycles. The van der Waals surface area contributed by atoms with Gasteiger partial charge in [-0.15, -0.1) is 0 Å². The second kappa shape index (κ2) is 5.74. The zero-order chi connectivity index (χ0) is 9.61. The van der Waals surface area contributed by atoms with Gasteiger partial charge < -0.3 is 9.63 Å². The minimum absolute atomic E-state index is 0.326. The molecule has 74 valence electrons. The average Bonchev–Trinajstić information content (AvgIpc) is 2.02. The van der Waals surface area contributed by atoms with Gasteiger partial charge >= 0.3 is 0 Å². The molecule has 0 saturated carbocycles. The van der Waals surface area contributed by atoms with Gasteiger partial charge in [0.15, 0.2) is 0 Å². The lowest BCUT2D eigenvalue weighted by Gasteiger charge is -2.16. The largest absolute Gasteiger partial charge is 0.386 e. The molecule has 0 rings (SSSR count). The van der Waals surface area contributed by atoms with E-state index in [1.54, 1.807) is 0 Å². The second-order valence-corrected chi connectivity index (χ2v) is 5.99. The first kappa shape index (κ1) is 12.2. The van der Waals surface area contributed by atoms with E-state index < -0.39 is 7.37 Å². The molecule has 4 heteroatoms. The summed E-state index contributed by atoms with van der Waals surface area (Å²) in [5.74, 6) is 0.363. The molecule has 0 aliphatic rings. The Morgan fingerprint density at radius 3 is 2.42 bits per heavy atom. The molecule has 0 radical (unpaired) electrons. The van der Waals surface area contributed by atoms with E-state index in [0.717, 1.165) is 6.42 Å².